The Kier molecular flexibility index (Phi) is 3.30. The van der Waals surface area contributed by atoms with Gasteiger partial charge in [-0.15, -0.1) is 0 Å². The molecule has 1 aliphatic rings. The van der Waals surface area contributed by atoms with Crippen LogP contribution in [0.1, 0.15) is 24.8 Å². The monoisotopic (exact) mass is 239 g/mol. The molecule has 0 bridgehead atoms. The van der Waals surface area contributed by atoms with Gasteiger partial charge in [-0.05, 0) is 24.8 Å². The molecule has 1 aliphatic heterocycles. The molecule has 1 saturated heterocycles. The Morgan fingerprint density at radius 2 is 2.00 bits per heavy atom. The Hall–Kier alpha value is -0.870. The lowest BCUT2D eigenvalue weighted by Gasteiger charge is -2.15. The molecule has 1 fully saturated rings. The molecule has 16 heavy (non-hydrogen) atoms. The third-order valence-corrected chi connectivity index (χ3v) is 5.03. The van der Waals surface area contributed by atoms with Crippen molar-refractivity contribution in [3.63, 3.8) is 0 Å². The number of rotatable bonds is 3. The van der Waals surface area contributed by atoms with Crippen LogP contribution in [-0.2, 0) is 10.0 Å². The Morgan fingerprint density at radius 1 is 1.31 bits per heavy atom. The van der Waals surface area contributed by atoms with E-state index >= 15 is 0 Å². The molecule has 1 heterocycles. The van der Waals surface area contributed by atoms with E-state index in [9.17, 15) is 8.42 Å². The maximum Gasteiger partial charge on any atom is 0.213 e. The van der Waals surface area contributed by atoms with Crippen molar-refractivity contribution in [3.05, 3.63) is 35.9 Å². The van der Waals surface area contributed by atoms with E-state index in [1.54, 1.807) is 11.2 Å². The van der Waals surface area contributed by atoms with Gasteiger partial charge in [-0.1, -0.05) is 30.3 Å². The molecule has 88 valence electrons. The summed E-state index contributed by atoms with van der Waals surface area (Å²) in [4.78, 5) is 0. The topological polar surface area (TPSA) is 37.4 Å². The molecule has 1 aromatic carbocycles. The van der Waals surface area contributed by atoms with E-state index in [0.29, 0.717) is 19.0 Å². The SMILES string of the molecule is CCS(=O)(=O)N1CCC(c2ccccc2)C1. The Morgan fingerprint density at radius 3 is 2.62 bits per heavy atom. The van der Waals surface area contributed by atoms with Gasteiger partial charge in [0.1, 0.15) is 0 Å². The summed E-state index contributed by atoms with van der Waals surface area (Å²) in [5.41, 5.74) is 1.25. The summed E-state index contributed by atoms with van der Waals surface area (Å²) in [5, 5.41) is 0. The van der Waals surface area contributed by atoms with Crippen molar-refractivity contribution in [1.82, 2.24) is 4.31 Å². The first kappa shape index (κ1) is 11.6. The molecule has 1 aromatic rings. The van der Waals surface area contributed by atoms with E-state index in [0.717, 1.165) is 6.42 Å². The zero-order chi connectivity index (χ0) is 11.6. The van der Waals surface area contributed by atoms with Crippen LogP contribution in [0, 0.1) is 0 Å². The number of nitrogens with zero attached hydrogens (tertiary/aromatic N) is 1. The lowest BCUT2D eigenvalue weighted by atomic mass is 9.99. The zero-order valence-electron chi connectivity index (χ0n) is 9.46. The fraction of sp³-hybridized carbons (Fsp3) is 0.500. The van der Waals surface area contributed by atoms with Gasteiger partial charge in [0.2, 0.25) is 10.0 Å². The summed E-state index contributed by atoms with van der Waals surface area (Å²) >= 11 is 0. The van der Waals surface area contributed by atoms with E-state index in [1.807, 2.05) is 18.2 Å². The highest BCUT2D eigenvalue weighted by molar-refractivity contribution is 7.89. The van der Waals surface area contributed by atoms with Crippen LogP contribution in [0.25, 0.3) is 0 Å². The van der Waals surface area contributed by atoms with E-state index in [1.165, 1.54) is 5.56 Å². The van der Waals surface area contributed by atoms with Crippen LogP contribution in [0.15, 0.2) is 30.3 Å². The maximum atomic E-state index is 11.7. The van der Waals surface area contributed by atoms with Crippen LogP contribution in [0.4, 0.5) is 0 Å². The first-order valence-corrected chi connectivity index (χ1v) is 7.27. The van der Waals surface area contributed by atoms with Crippen LogP contribution in [0.5, 0.6) is 0 Å². The van der Waals surface area contributed by atoms with Gasteiger partial charge in [0, 0.05) is 13.1 Å². The lowest BCUT2D eigenvalue weighted by molar-refractivity contribution is 0.474. The van der Waals surface area contributed by atoms with Crippen molar-refractivity contribution in [3.8, 4) is 0 Å². The summed E-state index contributed by atoms with van der Waals surface area (Å²) in [6.45, 7) is 3.00. The van der Waals surface area contributed by atoms with Gasteiger partial charge >= 0.3 is 0 Å². The zero-order valence-corrected chi connectivity index (χ0v) is 10.3. The summed E-state index contributed by atoms with van der Waals surface area (Å²) in [6, 6.07) is 10.1. The van der Waals surface area contributed by atoms with Crippen LogP contribution >= 0.6 is 0 Å². The fourth-order valence-corrected chi connectivity index (χ4v) is 3.32. The third-order valence-electron chi connectivity index (χ3n) is 3.18. The fourth-order valence-electron chi connectivity index (χ4n) is 2.16. The van der Waals surface area contributed by atoms with Crippen LogP contribution in [0.2, 0.25) is 0 Å². The second-order valence-corrected chi connectivity index (χ2v) is 6.41. The first-order valence-electron chi connectivity index (χ1n) is 5.66. The molecular weight excluding hydrogens is 222 g/mol. The second kappa shape index (κ2) is 4.55. The van der Waals surface area contributed by atoms with Crippen LogP contribution in [0.3, 0.4) is 0 Å². The molecule has 1 atom stereocenters. The van der Waals surface area contributed by atoms with E-state index in [-0.39, 0.29) is 5.75 Å². The smallest absolute Gasteiger partial charge is 0.212 e. The molecule has 0 amide bonds. The summed E-state index contributed by atoms with van der Waals surface area (Å²) in [7, 11) is -3.01. The average Bonchev–Trinajstić information content (AvgIpc) is 2.80. The third kappa shape index (κ3) is 2.28. The van der Waals surface area contributed by atoms with Gasteiger partial charge in [-0.25, -0.2) is 12.7 Å². The molecule has 0 radical (unpaired) electrons. The first-order chi connectivity index (χ1) is 7.63. The van der Waals surface area contributed by atoms with Gasteiger partial charge < -0.3 is 0 Å². The van der Waals surface area contributed by atoms with E-state index in [4.69, 9.17) is 0 Å². The molecule has 0 saturated carbocycles. The minimum absolute atomic E-state index is 0.203. The predicted molar refractivity (Wildman–Crippen MR) is 64.8 cm³/mol. The highest BCUT2D eigenvalue weighted by Crippen LogP contribution is 2.28. The Bertz CT molecular complexity index is 441. The van der Waals surface area contributed by atoms with Crippen molar-refractivity contribution in [1.29, 1.82) is 0 Å². The van der Waals surface area contributed by atoms with Crippen LogP contribution < -0.4 is 0 Å². The minimum atomic E-state index is -3.01. The van der Waals surface area contributed by atoms with Gasteiger partial charge in [0.05, 0.1) is 5.75 Å². The summed E-state index contributed by atoms with van der Waals surface area (Å²) in [5.74, 6) is 0.566. The normalized spacial score (nSPS) is 22.4. The average molecular weight is 239 g/mol. The molecule has 2 rings (SSSR count). The number of benzene rings is 1. The minimum Gasteiger partial charge on any atom is -0.212 e. The van der Waals surface area contributed by atoms with Crippen molar-refractivity contribution in [2.75, 3.05) is 18.8 Å². The van der Waals surface area contributed by atoms with Crippen molar-refractivity contribution in [2.45, 2.75) is 19.3 Å². The standard InChI is InChI=1S/C12H17NO2S/c1-2-16(14,15)13-9-8-12(10-13)11-6-4-3-5-7-11/h3-7,12H,2,8-10H2,1H3. The number of hydrogen-bond acceptors (Lipinski definition) is 2. The molecule has 4 heteroatoms. The quantitative estimate of drug-likeness (QED) is 0.807. The van der Waals surface area contributed by atoms with E-state index in [2.05, 4.69) is 12.1 Å². The van der Waals surface area contributed by atoms with Gasteiger partial charge in [-0.2, -0.15) is 0 Å². The number of hydrogen-bond donors (Lipinski definition) is 0. The highest BCUT2D eigenvalue weighted by atomic mass is 32.2. The molecular formula is C12H17NO2S. The van der Waals surface area contributed by atoms with Crippen molar-refractivity contribution in [2.24, 2.45) is 0 Å². The molecule has 3 nitrogen and oxygen atoms in total. The van der Waals surface area contributed by atoms with Gasteiger partial charge in [-0.3, -0.25) is 0 Å². The van der Waals surface area contributed by atoms with Crippen LogP contribution in [-0.4, -0.2) is 31.6 Å². The molecule has 0 N–H and O–H groups in total. The second-order valence-electron chi connectivity index (χ2n) is 4.15. The molecule has 0 aromatic heterocycles. The molecule has 0 aliphatic carbocycles. The van der Waals surface area contributed by atoms with Gasteiger partial charge in [0.25, 0.3) is 0 Å². The van der Waals surface area contributed by atoms with Crippen molar-refractivity contribution >= 4 is 10.0 Å². The number of sulfonamides is 1. The maximum absolute atomic E-state index is 11.7. The summed E-state index contributed by atoms with van der Waals surface area (Å²) < 4.78 is 25.0. The summed E-state index contributed by atoms with van der Waals surface area (Å²) in [6.07, 6.45) is 0.934. The Labute approximate surface area is 97.1 Å². The largest absolute Gasteiger partial charge is 0.213 e. The molecule has 1 unspecified atom stereocenters. The Balaban J connectivity index is 2.10. The highest BCUT2D eigenvalue weighted by Gasteiger charge is 2.30. The lowest BCUT2D eigenvalue weighted by Crippen LogP contribution is -2.29. The van der Waals surface area contributed by atoms with Gasteiger partial charge in [0.15, 0.2) is 0 Å². The molecule has 0 spiro atoms. The predicted octanol–water partition coefficient (Wildman–Crippen LogP) is 1.83. The van der Waals surface area contributed by atoms with Crippen molar-refractivity contribution < 1.29 is 8.42 Å². The van der Waals surface area contributed by atoms with E-state index < -0.39 is 10.0 Å².